The van der Waals surface area contributed by atoms with Crippen molar-refractivity contribution in [1.29, 1.82) is 0 Å². The monoisotopic (exact) mass is 561 g/mol. The van der Waals surface area contributed by atoms with Crippen LogP contribution in [0.4, 0.5) is 0 Å². The molecule has 0 saturated carbocycles. The molecule has 4 rings (SSSR count). The van der Waals surface area contributed by atoms with E-state index in [1.54, 1.807) is 24.3 Å². The van der Waals surface area contributed by atoms with Crippen molar-refractivity contribution in [1.82, 2.24) is 4.98 Å². The van der Waals surface area contributed by atoms with E-state index in [1.165, 1.54) is 7.11 Å². The Morgan fingerprint density at radius 1 is 0.900 bits per heavy atom. The molecule has 0 aliphatic carbocycles. The van der Waals surface area contributed by atoms with E-state index < -0.39 is 12.6 Å². The Hall–Kier alpha value is -4.56. The number of aromatic nitrogens is 1. The van der Waals surface area contributed by atoms with Crippen molar-refractivity contribution in [3.63, 3.8) is 0 Å². The lowest BCUT2D eigenvalue weighted by atomic mass is 10.1. The summed E-state index contributed by atoms with van der Waals surface area (Å²) in [5.74, 6) is 0.0358. The SMILES string of the molecule is COC(=O)CCCOc1cc(C=Cc2ccc3ccc(Cl)cc3n2)ccc1OCc1ccccc1OCC(=O)O. The molecule has 0 atom stereocenters. The molecule has 0 amide bonds. The minimum Gasteiger partial charge on any atom is -0.490 e. The van der Waals surface area contributed by atoms with Gasteiger partial charge in [0.15, 0.2) is 18.1 Å². The van der Waals surface area contributed by atoms with Crippen molar-refractivity contribution in [3.05, 3.63) is 94.6 Å². The molecule has 0 unspecified atom stereocenters. The summed E-state index contributed by atoms with van der Waals surface area (Å²) in [7, 11) is 1.35. The van der Waals surface area contributed by atoms with Gasteiger partial charge in [0.05, 0.1) is 24.9 Å². The maximum Gasteiger partial charge on any atom is 0.341 e. The Morgan fingerprint density at radius 3 is 2.55 bits per heavy atom. The standard InChI is InChI=1S/C31H28ClNO7/c1-37-31(36)7-4-16-38-29-17-21(8-13-25-14-11-22-10-12-24(32)18-26(22)33-25)9-15-28(29)39-19-23-5-2-3-6-27(23)40-20-30(34)35/h2-3,5-6,8-15,17-18H,4,7,16,19-20H2,1H3,(H,34,35). The minimum absolute atomic E-state index is 0.132. The number of carbonyl (C=O) groups is 2. The molecule has 0 aliphatic rings. The Morgan fingerprint density at radius 2 is 1.73 bits per heavy atom. The molecule has 4 aromatic rings. The average molecular weight is 562 g/mol. The number of nitrogens with zero attached hydrogens (tertiary/aromatic N) is 1. The van der Waals surface area contributed by atoms with Crippen LogP contribution in [0.25, 0.3) is 23.1 Å². The Bertz CT molecular complexity index is 1520. The number of carboxylic acids is 1. The lowest BCUT2D eigenvalue weighted by Crippen LogP contribution is -2.11. The zero-order valence-corrected chi connectivity index (χ0v) is 22.6. The topological polar surface area (TPSA) is 104 Å². The van der Waals surface area contributed by atoms with Crippen LogP contribution in [0.5, 0.6) is 17.2 Å². The van der Waals surface area contributed by atoms with Crippen LogP contribution in [0.3, 0.4) is 0 Å². The van der Waals surface area contributed by atoms with Gasteiger partial charge < -0.3 is 24.1 Å². The summed E-state index contributed by atoms with van der Waals surface area (Å²) in [5.41, 5.74) is 3.12. The molecule has 3 aromatic carbocycles. The Balaban J connectivity index is 1.52. The van der Waals surface area contributed by atoms with Gasteiger partial charge in [0.2, 0.25) is 0 Å². The van der Waals surface area contributed by atoms with Gasteiger partial charge in [-0.25, -0.2) is 9.78 Å². The highest BCUT2D eigenvalue weighted by molar-refractivity contribution is 6.31. The minimum atomic E-state index is -1.07. The van der Waals surface area contributed by atoms with E-state index in [9.17, 15) is 9.59 Å². The summed E-state index contributed by atoms with van der Waals surface area (Å²) in [4.78, 5) is 27.1. The number of hydrogen-bond donors (Lipinski definition) is 1. The molecule has 0 fully saturated rings. The fourth-order valence-corrected chi connectivity index (χ4v) is 3.97. The molecule has 0 bridgehead atoms. The zero-order chi connectivity index (χ0) is 28.3. The third kappa shape index (κ3) is 8.22. The normalized spacial score (nSPS) is 10.9. The predicted octanol–water partition coefficient (Wildman–Crippen LogP) is 6.43. The van der Waals surface area contributed by atoms with Gasteiger partial charge in [-0.3, -0.25) is 4.79 Å². The number of benzene rings is 3. The molecule has 0 radical (unpaired) electrons. The molecular formula is C31H28ClNO7. The molecule has 206 valence electrons. The smallest absolute Gasteiger partial charge is 0.341 e. The van der Waals surface area contributed by atoms with Gasteiger partial charge in [0.1, 0.15) is 12.4 Å². The van der Waals surface area contributed by atoms with Gasteiger partial charge in [-0.2, -0.15) is 0 Å². The fourth-order valence-electron chi connectivity index (χ4n) is 3.80. The Labute approximate surface area is 236 Å². The number of halogens is 1. The first-order chi connectivity index (χ1) is 19.4. The van der Waals surface area contributed by atoms with Crippen LogP contribution in [0.1, 0.15) is 29.7 Å². The van der Waals surface area contributed by atoms with Crippen molar-refractivity contribution in [2.45, 2.75) is 19.4 Å². The van der Waals surface area contributed by atoms with E-state index in [4.69, 9.17) is 35.7 Å². The molecule has 0 saturated heterocycles. The van der Waals surface area contributed by atoms with Gasteiger partial charge in [-0.15, -0.1) is 0 Å². The van der Waals surface area contributed by atoms with Gasteiger partial charge >= 0.3 is 11.9 Å². The number of rotatable bonds is 13. The van der Waals surface area contributed by atoms with Gasteiger partial charge in [0, 0.05) is 22.4 Å². The molecule has 8 nitrogen and oxygen atoms in total. The highest BCUT2D eigenvalue weighted by atomic mass is 35.5. The van der Waals surface area contributed by atoms with Crippen LogP contribution >= 0.6 is 11.6 Å². The van der Waals surface area contributed by atoms with Crippen molar-refractivity contribution in [2.75, 3.05) is 20.3 Å². The summed E-state index contributed by atoms with van der Waals surface area (Å²) < 4.78 is 22.1. The highest BCUT2D eigenvalue weighted by Gasteiger charge is 2.11. The van der Waals surface area contributed by atoms with E-state index in [2.05, 4.69) is 4.98 Å². The summed E-state index contributed by atoms with van der Waals surface area (Å²) in [6.45, 7) is -0.0390. The molecule has 1 heterocycles. The van der Waals surface area contributed by atoms with Crippen molar-refractivity contribution >= 4 is 46.6 Å². The van der Waals surface area contributed by atoms with Crippen LogP contribution in [0, 0.1) is 0 Å². The molecule has 1 N–H and O–H groups in total. The molecular weight excluding hydrogens is 534 g/mol. The number of ether oxygens (including phenoxy) is 4. The second-order valence-corrected chi connectivity index (χ2v) is 9.16. The van der Waals surface area contributed by atoms with Crippen LogP contribution < -0.4 is 14.2 Å². The zero-order valence-electron chi connectivity index (χ0n) is 21.8. The first kappa shape index (κ1) is 28.4. The lowest BCUT2D eigenvalue weighted by molar-refractivity contribution is -0.141. The second kappa shape index (κ2) is 14.0. The first-order valence-electron chi connectivity index (χ1n) is 12.5. The Kier molecular flexibility index (Phi) is 9.96. The molecule has 1 aromatic heterocycles. The van der Waals surface area contributed by atoms with E-state index in [-0.39, 0.29) is 25.6 Å². The summed E-state index contributed by atoms with van der Waals surface area (Å²) in [5, 5.41) is 10.6. The van der Waals surface area contributed by atoms with E-state index in [0.29, 0.717) is 34.3 Å². The number of hydrogen-bond acceptors (Lipinski definition) is 7. The quantitative estimate of drug-likeness (QED) is 0.147. The third-order valence-corrected chi connectivity index (χ3v) is 6.04. The summed E-state index contributed by atoms with van der Waals surface area (Å²) in [6, 6.07) is 22.1. The van der Waals surface area contributed by atoms with Crippen LogP contribution in [0.2, 0.25) is 5.02 Å². The van der Waals surface area contributed by atoms with E-state index in [1.807, 2.05) is 60.7 Å². The number of fused-ring (bicyclic) bond motifs is 1. The predicted molar refractivity (Wildman–Crippen MR) is 153 cm³/mol. The molecule has 9 heteroatoms. The number of methoxy groups -OCH3 is 1. The number of pyridine rings is 1. The number of aliphatic carboxylic acids is 1. The largest absolute Gasteiger partial charge is 0.490 e. The van der Waals surface area contributed by atoms with E-state index in [0.717, 1.165) is 22.2 Å². The second-order valence-electron chi connectivity index (χ2n) is 8.72. The number of carboxylic acid groups (broad SMARTS) is 1. The van der Waals surface area contributed by atoms with E-state index >= 15 is 0 Å². The first-order valence-corrected chi connectivity index (χ1v) is 12.9. The van der Waals surface area contributed by atoms with Gasteiger partial charge in [0.25, 0.3) is 0 Å². The maximum atomic E-state index is 11.5. The lowest BCUT2D eigenvalue weighted by Gasteiger charge is -2.15. The summed E-state index contributed by atoms with van der Waals surface area (Å²) in [6.07, 6.45) is 4.52. The van der Waals surface area contributed by atoms with Crippen molar-refractivity contribution in [2.24, 2.45) is 0 Å². The molecule has 40 heavy (non-hydrogen) atoms. The number of carbonyl (C=O) groups excluding carboxylic acids is 1. The van der Waals surface area contributed by atoms with Crippen LogP contribution in [0.15, 0.2) is 72.8 Å². The summed E-state index contributed by atoms with van der Waals surface area (Å²) >= 11 is 6.12. The third-order valence-electron chi connectivity index (χ3n) is 5.81. The van der Waals surface area contributed by atoms with Crippen LogP contribution in [-0.4, -0.2) is 42.4 Å². The fraction of sp³-hybridized carbons (Fsp3) is 0.194. The van der Waals surface area contributed by atoms with Crippen molar-refractivity contribution < 1.29 is 33.6 Å². The number of esters is 1. The average Bonchev–Trinajstić information content (AvgIpc) is 2.96. The molecule has 0 spiro atoms. The molecule has 0 aliphatic heterocycles. The maximum absolute atomic E-state index is 11.5. The highest BCUT2D eigenvalue weighted by Crippen LogP contribution is 2.31. The van der Waals surface area contributed by atoms with Crippen molar-refractivity contribution in [3.8, 4) is 17.2 Å². The van der Waals surface area contributed by atoms with Gasteiger partial charge in [-0.05, 0) is 54.5 Å². The number of para-hydroxylation sites is 1. The van der Waals surface area contributed by atoms with Crippen LogP contribution in [-0.2, 0) is 20.9 Å². The van der Waals surface area contributed by atoms with Gasteiger partial charge in [-0.1, -0.05) is 54.1 Å².